The van der Waals surface area contributed by atoms with Gasteiger partial charge in [-0.3, -0.25) is 14.4 Å². The monoisotopic (exact) mass is 746 g/mol. The molecule has 1 unspecified atom stereocenters. The highest BCUT2D eigenvalue weighted by molar-refractivity contribution is 5.80. The van der Waals surface area contributed by atoms with Gasteiger partial charge < -0.3 is 15.2 Å². The molecule has 0 aliphatic rings. The number of amides is 1. The van der Waals surface area contributed by atoms with Crippen LogP contribution in [0.25, 0.3) is 0 Å². The van der Waals surface area contributed by atoms with Gasteiger partial charge in [0.25, 0.3) is 0 Å². The maximum atomic E-state index is 12.7. The predicted molar refractivity (Wildman–Crippen MR) is 226 cm³/mol. The predicted octanol–water partition coefficient (Wildman–Crippen LogP) is 14.3. The van der Waals surface area contributed by atoms with Gasteiger partial charge in [-0.1, -0.05) is 186 Å². The molecule has 0 radical (unpaired) electrons. The van der Waals surface area contributed by atoms with Gasteiger partial charge in [0, 0.05) is 12.8 Å². The molecule has 0 aromatic heterocycles. The van der Waals surface area contributed by atoms with E-state index in [1.165, 1.54) is 154 Å². The molecule has 310 valence electrons. The zero-order chi connectivity index (χ0) is 38.7. The van der Waals surface area contributed by atoms with Crippen LogP contribution < -0.4 is 5.32 Å². The van der Waals surface area contributed by atoms with Crippen molar-refractivity contribution in [3.63, 3.8) is 0 Å². The van der Waals surface area contributed by atoms with Crippen LogP contribution in [0.1, 0.15) is 245 Å². The molecule has 0 aliphatic carbocycles. The van der Waals surface area contributed by atoms with E-state index >= 15 is 0 Å². The Morgan fingerprint density at radius 2 is 0.868 bits per heavy atom. The maximum Gasteiger partial charge on any atom is 0.322 e. The molecule has 0 rings (SSSR count). The van der Waals surface area contributed by atoms with Crippen molar-refractivity contribution in [1.82, 2.24) is 5.32 Å². The number of carbonyl (C=O) groups excluding carboxylic acids is 2. The van der Waals surface area contributed by atoms with E-state index in [4.69, 9.17) is 9.84 Å². The summed E-state index contributed by atoms with van der Waals surface area (Å²) in [6.07, 6.45) is 51.9. The summed E-state index contributed by atoms with van der Waals surface area (Å²) in [5, 5.41) is 11.1. The van der Waals surface area contributed by atoms with Gasteiger partial charge >= 0.3 is 11.9 Å². The van der Waals surface area contributed by atoms with E-state index in [1.807, 2.05) is 0 Å². The highest BCUT2D eigenvalue weighted by atomic mass is 16.5. The lowest BCUT2D eigenvalue weighted by Gasteiger charge is -2.15. The minimum atomic E-state index is -1.01. The van der Waals surface area contributed by atoms with Crippen LogP contribution in [0.3, 0.4) is 0 Å². The van der Waals surface area contributed by atoms with Crippen molar-refractivity contribution >= 4 is 17.8 Å². The molecule has 2 N–H and O–H groups in total. The molecule has 0 fully saturated rings. The number of aliphatic carboxylic acids is 1. The molecule has 0 aliphatic heterocycles. The summed E-state index contributed by atoms with van der Waals surface area (Å²) in [5.41, 5.74) is 0. The molecule has 6 nitrogen and oxygen atoms in total. The number of nitrogens with one attached hydrogen (secondary N) is 1. The fourth-order valence-electron chi connectivity index (χ4n) is 6.89. The Hall–Kier alpha value is -2.11. The molecule has 53 heavy (non-hydrogen) atoms. The van der Waals surface area contributed by atoms with Gasteiger partial charge in [-0.15, -0.1) is 0 Å². The highest BCUT2D eigenvalue weighted by Crippen LogP contribution is 2.17. The lowest BCUT2D eigenvalue weighted by molar-refractivity contribution is -0.147. The van der Waals surface area contributed by atoms with E-state index in [2.05, 4.69) is 43.5 Å². The average Bonchev–Trinajstić information content (AvgIpc) is 3.14. The van der Waals surface area contributed by atoms with Crippen LogP contribution in [-0.4, -0.2) is 35.6 Å². The van der Waals surface area contributed by atoms with Crippen LogP contribution in [0.4, 0.5) is 0 Å². The first-order valence-electron chi connectivity index (χ1n) is 23.0. The fourth-order valence-corrected chi connectivity index (χ4v) is 6.89. The van der Waals surface area contributed by atoms with Crippen molar-refractivity contribution in [2.24, 2.45) is 0 Å². The first-order chi connectivity index (χ1) is 26.0. The largest absolute Gasteiger partial charge is 0.480 e. The number of carboxylic acid groups (broad SMARTS) is 1. The quantitative estimate of drug-likeness (QED) is 0.0369. The minimum absolute atomic E-state index is 0.0522. The van der Waals surface area contributed by atoms with Gasteiger partial charge in [-0.05, 0) is 70.3 Å². The summed E-state index contributed by atoms with van der Waals surface area (Å²) in [6.45, 7) is 4.23. The third-order valence-electron chi connectivity index (χ3n) is 10.3. The van der Waals surface area contributed by atoms with Crippen molar-refractivity contribution in [3.8, 4) is 0 Å². The molecular weight excluding hydrogens is 659 g/mol. The Balaban J connectivity index is 4.03. The maximum absolute atomic E-state index is 12.7. The topological polar surface area (TPSA) is 92.7 Å². The van der Waals surface area contributed by atoms with Crippen LogP contribution in [0.15, 0.2) is 24.3 Å². The molecular formula is C47H87NO5. The van der Waals surface area contributed by atoms with Gasteiger partial charge in [0.15, 0.2) is 0 Å². The Morgan fingerprint density at radius 3 is 1.32 bits per heavy atom. The van der Waals surface area contributed by atoms with Crippen molar-refractivity contribution in [3.05, 3.63) is 24.3 Å². The summed E-state index contributed by atoms with van der Waals surface area (Å²) >= 11 is 0. The van der Waals surface area contributed by atoms with E-state index < -0.39 is 5.97 Å². The van der Waals surface area contributed by atoms with E-state index in [-0.39, 0.29) is 24.5 Å². The Morgan fingerprint density at radius 1 is 0.491 bits per heavy atom. The fraction of sp³-hybridized carbons (Fsp3) is 0.851. The zero-order valence-corrected chi connectivity index (χ0v) is 35.1. The number of carbonyl (C=O) groups is 3. The first-order valence-corrected chi connectivity index (χ1v) is 23.0. The minimum Gasteiger partial charge on any atom is -0.480 e. The summed E-state index contributed by atoms with van der Waals surface area (Å²) in [5.74, 6) is -1.26. The second-order valence-electron chi connectivity index (χ2n) is 15.7. The standard InChI is InChI=1S/C47H87NO5/c1-3-5-7-9-11-13-14-15-16-17-18-19-20-21-22-23-24-26-28-34-38-42-47(52)53-44(39-35-31-27-25-12-10-8-6-4-2)40-36-32-29-30-33-37-41-45(49)48-43-46(50)51/h17-18,35,39,44H,3-16,19-34,36-38,40-43H2,1-2H3,(H,48,49)(H,50,51)/b18-17-,39-35-. The van der Waals surface area contributed by atoms with Crippen molar-refractivity contribution in [2.45, 2.75) is 251 Å². The van der Waals surface area contributed by atoms with Crippen molar-refractivity contribution in [1.29, 1.82) is 0 Å². The Bertz CT molecular complexity index is 869. The molecule has 1 amide bonds. The third-order valence-corrected chi connectivity index (χ3v) is 10.3. The third kappa shape index (κ3) is 42.5. The normalized spacial score (nSPS) is 12.2. The van der Waals surface area contributed by atoms with Crippen molar-refractivity contribution in [2.75, 3.05) is 6.54 Å². The van der Waals surface area contributed by atoms with Crippen LogP contribution >= 0.6 is 0 Å². The molecule has 0 aromatic rings. The molecule has 1 atom stereocenters. The summed E-state index contributed by atoms with van der Waals surface area (Å²) in [6, 6.07) is 0. The van der Waals surface area contributed by atoms with Crippen molar-refractivity contribution < 1.29 is 24.2 Å². The van der Waals surface area contributed by atoms with Crippen LogP contribution in [0.5, 0.6) is 0 Å². The van der Waals surface area contributed by atoms with E-state index in [0.717, 1.165) is 64.2 Å². The molecule has 0 bridgehead atoms. The highest BCUT2D eigenvalue weighted by Gasteiger charge is 2.12. The number of hydrogen-bond donors (Lipinski definition) is 2. The number of allylic oxidation sites excluding steroid dienone is 3. The molecule has 0 saturated carbocycles. The lowest BCUT2D eigenvalue weighted by atomic mass is 10.0. The van der Waals surface area contributed by atoms with E-state index in [1.54, 1.807) is 0 Å². The van der Waals surface area contributed by atoms with Crippen LogP contribution in [0.2, 0.25) is 0 Å². The number of unbranched alkanes of at least 4 members (excludes halogenated alkanes) is 29. The van der Waals surface area contributed by atoms with Gasteiger partial charge in [0.1, 0.15) is 12.6 Å². The lowest BCUT2D eigenvalue weighted by Crippen LogP contribution is -2.28. The molecule has 0 heterocycles. The number of ether oxygens (including phenoxy) is 1. The zero-order valence-electron chi connectivity index (χ0n) is 35.1. The summed E-state index contributed by atoms with van der Waals surface area (Å²) in [7, 11) is 0. The van der Waals surface area contributed by atoms with Gasteiger partial charge in [-0.2, -0.15) is 0 Å². The Labute approximate surface area is 328 Å². The second kappa shape index (κ2) is 42.6. The number of hydrogen-bond acceptors (Lipinski definition) is 4. The van der Waals surface area contributed by atoms with E-state index in [0.29, 0.717) is 12.8 Å². The second-order valence-corrected chi connectivity index (χ2v) is 15.7. The van der Waals surface area contributed by atoms with Crippen LogP contribution in [0, 0.1) is 0 Å². The summed E-state index contributed by atoms with van der Waals surface area (Å²) in [4.78, 5) is 34.9. The molecule has 6 heteroatoms. The van der Waals surface area contributed by atoms with Gasteiger partial charge in [0.05, 0.1) is 0 Å². The molecule has 0 saturated heterocycles. The smallest absolute Gasteiger partial charge is 0.322 e. The number of carboxylic acids is 1. The summed E-state index contributed by atoms with van der Waals surface area (Å²) < 4.78 is 5.96. The molecule has 0 aromatic carbocycles. The number of rotatable bonds is 42. The SMILES string of the molecule is CCCCCCCCC/C=C\C(CCCCCCCCC(=O)NCC(=O)O)OC(=O)CCCCCCCCCCC/C=C\CCCCCCCCCC. The van der Waals surface area contributed by atoms with E-state index in [9.17, 15) is 14.4 Å². The first kappa shape index (κ1) is 50.9. The van der Waals surface area contributed by atoms with Crippen LogP contribution in [-0.2, 0) is 19.1 Å². The average molecular weight is 746 g/mol. The molecule has 0 spiro atoms. The number of esters is 1. The van der Waals surface area contributed by atoms with Gasteiger partial charge in [0.2, 0.25) is 5.91 Å². The van der Waals surface area contributed by atoms with Gasteiger partial charge in [-0.25, -0.2) is 0 Å². The Kier molecular flexibility index (Phi) is 40.9.